The molecule has 0 spiro atoms. The maximum absolute atomic E-state index is 11.9. The Bertz CT molecular complexity index is 350. The molecule has 88 valence electrons. The van der Waals surface area contributed by atoms with E-state index in [4.69, 9.17) is 10.5 Å². The van der Waals surface area contributed by atoms with Crippen LogP contribution in [0.3, 0.4) is 0 Å². The van der Waals surface area contributed by atoms with Gasteiger partial charge in [-0.1, -0.05) is 19.1 Å². The van der Waals surface area contributed by atoms with Crippen molar-refractivity contribution in [2.75, 3.05) is 13.2 Å². The largest absolute Gasteiger partial charge is 0.494 e. The molecule has 1 aromatic carbocycles. The van der Waals surface area contributed by atoms with E-state index in [1.165, 1.54) is 0 Å². The number of carbonyl (C=O) groups excluding carboxylic acids is 1. The Morgan fingerprint density at radius 3 is 2.88 bits per heavy atom. The highest BCUT2D eigenvalue weighted by Crippen LogP contribution is 2.16. The number of nitrogens with two attached hydrogens (primary N) is 1. The van der Waals surface area contributed by atoms with E-state index in [9.17, 15) is 4.79 Å². The molecule has 3 heteroatoms. The van der Waals surface area contributed by atoms with Crippen LogP contribution in [0, 0.1) is 5.92 Å². The summed E-state index contributed by atoms with van der Waals surface area (Å²) >= 11 is 0. The summed E-state index contributed by atoms with van der Waals surface area (Å²) in [6.07, 6.45) is 0.492. The Hall–Kier alpha value is -1.35. The van der Waals surface area contributed by atoms with Gasteiger partial charge in [0.15, 0.2) is 5.78 Å². The number of hydrogen-bond donors (Lipinski definition) is 1. The van der Waals surface area contributed by atoms with Crippen LogP contribution in [0.2, 0.25) is 0 Å². The fraction of sp³-hybridized carbons (Fsp3) is 0.462. The molecule has 0 radical (unpaired) electrons. The normalized spacial score (nSPS) is 12.2. The van der Waals surface area contributed by atoms with E-state index in [0.717, 1.165) is 5.75 Å². The molecule has 0 aliphatic heterocycles. The summed E-state index contributed by atoms with van der Waals surface area (Å²) in [5, 5.41) is 0. The van der Waals surface area contributed by atoms with E-state index < -0.39 is 0 Å². The second-order valence-electron chi connectivity index (χ2n) is 3.93. The number of ether oxygens (including phenoxy) is 1. The molecule has 1 unspecified atom stereocenters. The van der Waals surface area contributed by atoms with Crippen LogP contribution in [-0.4, -0.2) is 18.9 Å². The third kappa shape index (κ3) is 3.66. The zero-order valence-electron chi connectivity index (χ0n) is 9.90. The highest BCUT2D eigenvalue weighted by molar-refractivity contribution is 5.96. The first kappa shape index (κ1) is 12.7. The zero-order valence-corrected chi connectivity index (χ0v) is 9.90. The maximum Gasteiger partial charge on any atom is 0.163 e. The molecule has 16 heavy (non-hydrogen) atoms. The SMILES string of the molecule is CCOc1cccc(C(=O)CC(C)CN)c1. The van der Waals surface area contributed by atoms with Crippen molar-refractivity contribution in [2.45, 2.75) is 20.3 Å². The molecule has 0 saturated carbocycles. The third-order valence-corrected chi connectivity index (χ3v) is 2.40. The van der Waals surface area contributed by atoms with Gasteiger partial charge < -0.3 is 10.5 Å². The van der Waals surface area contributed by atoms with Gasteiger partial charge in [-0.3, -0.25) is 4.79 Å². The van der Waals surface area contributed by atoms with Crippen LogP contribution in [0.1, 0.15) is 30.6 Å². The predicted octanol–water partition coefficient (Wildman–Crippen LogP) is 2.25. The number of carbonyl (C=O) groups is 1. The summed E-state index contributed by atoms with van der Waals surface area (Å²) in [6.45, 7) is 5.04. The van der Waals surface area contributed by atoms with Crippen molar-refractivity contribution in [1.29, 1.82) is 0 Å². The molecule has 3 nitrogen and oxygen atoms in total. The summed E-state index contributed by atoms with van der Waals surface area (Å²) in [7, 11) is 0. The minimum absolute atomic E-state index is 0.125. The van der Waals surface area contributed by atoms with E-state index in [0.29, 0.717) is 25.1 Å². The van der Waals surface area contributed by atoms with Crippen molar-refractivity contribution < 1.29 is 9.53 Å². The van der Waals surface area contributed by atoms with Crippen LogP contribution in [0.15, 0.2) is 24.3 Å². The van der Waals surface area contributed by atoms with Crippen LogP contribution in [-0.2, 0) is 0 Å². The number of hydrogen-bond acceptors (Lipinski definition) is 3. The van der Waals surface area contributed by atoms with Gasteiger partial charge in [-0.15, -0.1) is 0 Å². The lowest BCUT2D eigenvalue weighted by molar-refractivity contribution is 0.0965. The minimum atomic E-state index is 0.125. The zero-order chi connectivity index (χ0) is 12.0. The standard InChI is InChI=1S/C13H19NO2/c1-3-16-12-6-4-5-11(8-12)13(15)7-10(2)9-14/h4-6,8,10H,3,7,9,14H2,1-2H3. The summed E-state index contributed by atoms with van der Waals surface area (Å²) in [6, 6.07) is 7.29. The van der Waals surface area contributed by atoms with Crippen LogP contribution in [0.5, 0.6) is 5.75 Å². The lowest BCUT2D eigenvalue weighted by Gasteiger charge is -2.08. The molecule has 0 bridgehead atoms. The molecule has 0 heterocycles. The second-order valence-corrected chi connectivity index (χ2v) is 3.93. The molecule has 0 saturated heterocycles. The molecule has 1 rings (SSSR count). The van der Waals surface area contributed by atoms with Crippen molar-refractivity contribution in [3.63, 3.8) is 0 Å². The Morgan fingerprint density at radius 1 is 1.50 bits per heavy atom. The van der Waals surface area contributed by atoms with Crippen LogP contribution in [0.25, 0.3) is 0 Å². The van der Waals surface area contributed by atoms with E-state index in [-0.39, 0.29) is 11.7 Å². The van der Waals surface area contributed by atoms with Gasteiger partial charge in [0.05, 0.1) is 6.61 Å². The second kappa shape index (κ2) is 6.28. The van der Waals surface area contributed by atoms with Gasteiger partial charge in [0.25, 0.3) is 0 Å². The molecule has 0 aliphatic rings. The molecule has 1 atom stereocenters. The van der Waals surface area contributed by atoms with Gasteiger partial charge in [-0.05, 0) is 31.5 Å². The first-order valence-electron chi connectivity index (χ1n) is 5.63. The molecule has 1 aromatic rings. The van der Waals surface area contributed by atoms with Crippen molar-refractivity contribution in [3.05, 3.63) is 29.8 Å². The summed E-state index contributed by atoms with van der Waals surface area (Å²) < 4.78 is 5.35. The van der Waals surface area contributed by atoms with Gasteiger partial charge in [0.1, 0.15) is 5.75 Å². The smallest absolute Gasteiger partial charge is 0.163 e. The summed E-state index contributed by atoms with van der Waals surface area (Å²) in [5.74, 6) is 1.09. The van der Waals surface area contributed by atoms with E-state index in [2.05, 4.69) is 0 Å². The van der Waals surface area contributed by atoms with Crippen molar-refractivity contribution in [1.82, 2.24) is 0 Å². The van der Waals surface area contributed by atoms with Crippen molar-refractivity contribution in [3.8, 4) is 5.75 Å². The molecular weight excluding hydrogens is 202 g/mol. The molecule has 0 fully saturated rings. The van der Waals surface area contributed by atoms with Crippen LogP contribution < -0.4 is 10.5 Å². The van der Waals surface area contributed by atoms with E-state index >= 15 is 0 Å². The molecule has 0 aromatic heterocycles. The highest BCUT2D eigenvalue weighted by atomic mass is 16.5. The van der Waals surface area contributed by atoms with E-state index in [1.807, 2.05) is 32.0 Å². The average Bonchev–Trinajstić information content (AvgIpc) is 2.29. The number of benzene rings is 1. The van der Waals surface area contributed by atoms with Gasteiger partial charge in [-0.2, -0.15) is 0 Å². The first-order chi connectivity index (χ1) is 7.67. The van der Waals surface area contributed by atoms with Gasteiger partial charge in [0.2, 0.25) is 0 Å². The van der Waals surface area contributed by atoms with Crippen molar-refractivity contribution in [2.24, 2.45) is 11.7 Å². The quantitative estimate of drug-likeness (QED) is 0.750. The van der Waals surface area contributed by atoms with Crippen LogP contribution in [0.4, 0.5) is 0 Å². The number of Topliss-reactive ketones (excluding diaryl/α,β-unsaturated/α-hetero) is 1. The molecule has 0 aliphatic carbocycles. The summed E-state index contributed by atoms with van der Waals surface area (Å²) in [4.78, 5) is 11.9. The predicted molar refractivity (Wildman–Crippen MR) is 64.8 cm³/mol. The number of ketones is 1. The lowest BCUT2D eigenvalue weighted by atomic mass is 10.00. The van der Waals surface area contributed by atoms with Gasteiger partial charge in [0, 0.05) is 12.0 Å². The fourth-order valence-electron chi connectivity index (χ4n) is 1.44. The minimum Gasteiger partial charge on any atom is -0.494 e. The van der Waals surface area contributed by atoms with E-state index in [1.54, 1.807) is 6.07 Å². The monoisotopic (exact) mass is 221 g/mol. The Morgan fingerprint density at radius 2 is 2.25 bits per heavy atom. The Balaban J connectivity index is 2.71. The highest BCUT2D eigenvalue weighted by Gasteiger charge is 2.10. The molecule has 0 amide bonds. The third-order valence-electron chi connectivity index (χ3n) is 2.40. The van der Waals surface area contributed by atoms with Crippen molar-refractivity contribution >= 4 is 5.78 Å². The maximum atomic E-state index is 11.9. The Kier molecular flexibility index (Phi) is 4.99. The fourth-order valence-corrected chi connectivity index (χ4v) is 1.44. The Labute approximate surface area is 96.6 Å². The van der Waals surface area contributed by atoms with Gasteiger partial charge in [-0.25, -0.2) is 0 Å². The lowest BCUT2D eigenvalue weighted by Crippen LogP contribution is -2.15. The van der Waals surface area contributed by atoms with Crippen LogP contribution >= 0.6 is 0 Å². The topological polar surface area (TPSA) is 52.3 Å². The molecular formula is C13H19NO2. The summed E-state index contributed by atoms with van der Waals surface area (Å²) in [5.41, 5.74) is 6.20. The molecule has 2 N–H and O–H groups in total. The number of rotatable bonds is 6. The first-order valence-corrected chi connectivity index (χ1v) is 5.63. The average molecular weight is 221 g/mol. The van der Waals surface area contributed by atoms with Gasteiger partial charge >= 0.3 is 0 Å².